The van der Waals surface area contributed by atoms with E-state index in [0.29, 0.717) is 0 Å². The lowest BCUT2D eigenvalue weighted by molar-refractivity contribution is 0.241. The molecule has 0 bridgehead atoms. The van der Waals surface area contributed by atoms with Gasteiger partial charge in [0.2, 0.25) is 10.0 Å². The number of urea groups is 1. The van der Waals surface area contributed by atoms with Gasteiger partial charge >= 0.3 is 6.03 Å². The second kappa shape index (κ2) is 7.21. The molecule has 2 amide bonds. The van der Waals surface area contributed by atoms with Crippen LogP contribution in [0.1, 0.15) is 30.9 Å². The van der Waals surface area contributed by atoms with E-state index in [2.05, 4.69) is 10.6 Å². The van der Waals surface area contributed by atoms with Crippen molar-refractivity contribution < 1.29 is 13.2 Å². The van der Waals surface area contributed by atoms with Gasteiger partial charge in [0, 0.05) is 12.6 Å². The van der Waals surface area contributed by atoms with Gasteiger partial charge in [0.05, 0.1) is 18.5 Å². The molecule has 0 heterocycles. The number of carbonyl (C=O) groups is 1. The Balaban J connectivity index is 2.10. The van der Waals surface area contributed by atoms with Crippen molar-refractivity contribution >= 4 is 21.7 Å². The Morgan fingerprint density at radius 3 is 2.61 bits per heavy atom. The predicted molar refractivity (Wildman–Crippen MR) is 92.3 cm³/mol. The van der Waals surface area contributed by atoms with Crippen molar-refractivity contribution in [2.24, 2.45) is 0 Å². The lowest BCUT2D eigenvalue weighted by Gasteiger charge is -2.26. The number of aryl methyl sites for hydroxylation is 2. The minimum absolute atomic E-state index is 0.217. The summed E-state index contributed by atoms with van der Waals surface area (Å²) >= 11 is 0. The molecule has 0 atom stereocenters. The number of para-hydroxylation sites is 1. The van der Waals surface area contributed by atoms with Gasteiger partial charge in [-0.25, -0.2) is 13.2 Å². The van der Waals surface area contributed by atoms with E-state index in [1.165, 1.54) is 10.6 Å². The van der Waals surface area contributed by atoms with Crippen molar-refractivity contribution in [3.63, 3.8) is 0 Å². The van der Waals surface area contributed by atoms with Crippen LogP contribution in [0.15, 0.2) is 18.2 Å². The van der Waals surface area contributed by atoms with E-state index in [4.69, 9.17) is 0 Å². The molecule has 7 heteroatoms. The number of benzene rings is 1. The van der Waals surface area contributed by atoms with E-state index in [-0.39, 0.29) is 25.2 Å². The number of anilines is 1. The molecule has 0 aromatic heterocycles. The van der Waals surface area contributed by atoms with Crippen LogP contribution in [0, 0.1) is 6.92 Å². The Morgan fingerprint density at radius 2 is 2.04 bits per heavy atom. The van der Waals surface area contributed by atoms with Crippen LogP contribution < -0.4 is 14.9 Å². The maximum absolute atomic E-state index is 12.2. The first-order valence-corrected chi connectivity index (χ1v) is 9.78. The Morgan fingerprint density at radius 1 is 1.35 bits per heavy atom. The Kier molecular flexibility index (Phi) is 5.51. The van der Waals surface area contributed by atoms with Crippen LogP contribution in [0.3, 0.4) is 0 Å². The SMILES string of the molecule is CCc1cccc(C)c1N(CCNC(=O)NC1CC1)S(C)(=O)=O. The maximum Gasteiger partial charge on any atom is 0.315 e. The van der Waals surface area contributed by atoms with E-state index in [1.807, 2.05) is 32.0 Å². The van der Waals surface area contributed by atoms with Crippen LogP contribution in [0.4, 0.5) is 10.5 Å². The second-order valence-corrected chi connectivity index (χ2v) is 7.85. The van der Waals surface area contributed by atoms with Crippen LogP contribution in [0.25, 0.3) is 0 Å². The fraction of sp³-hybridized carbons (Fsp3) is 0.562. The van der Waals surface area contributed by atoms with Crippen molar-refractivity contribution in [1.82, 2.24) is 10.6 Å². The first-order chi connectivity index (χ1) is 10.8. The number of carbonyl (C=O) groups excluding carboxylic acids is 1. The molecule has 1 aliphatic carbocycles. The fourth-order valence-electron chi connectivity index (χ4n) is 2.54. The average molecular weight is 339 g/mol. The molecule has 1 aromatic carbocycles. The van der Waals surface area contributed by atoms with E-state index < -0.39 is 10.0 Å². The molecule has 23 heavy (non-hydrogen) atoms. The van der Waals surface area contributed by atoms with Crippen LogP contribution in [-0.4, -0.2) is 39.8 Å². The van der Waals surface area contributed by atoms with Gasteiger partial charge in [0.1, 0.15) is 0 Å². The summed E-state index contributed by atoms with van der Waals surface area (Å²) in [6.07, 6.45) is 3.99. The summed E-state index contributed by atoms with van der Waals surface area (Å²) in [6, 6.07) is 5.82. The number of amides is 2. The molecule has 1 saturated carbocycles. The third-order valence-corrected chi connectivity index (χ3v) is 5.03. The van der Waals surface area contributed by atoms with Crippen molar-refractivity contribution in [1.29, 1.82) is 0 Å². The summed E-state index contributed by atoms with van der Waals surface area (Å²) in [5.41, 5.74) is 2.62. The Hall–Kier alpha value is -1.76. The Labute approximate surface area is 138 Å². The molecule has 2 N–H and O–H groups in total. The summed E-state index contributed by atoms with van der Waals surface area (Å²) in [4.78, 5) is 11.7. The first-order valence-electron chi connectivity index (χ1n) is 7.93. The highest BCUT2D eigenvalue weighted by Crippen LogP contribution is 2.27. The van der Waals surface area contributed by atoms with Gasteiger partial charge in [-0.3, -0.25) is 4.31 Å². The summed E-state index contributed by atoms with van der Waals surface area (Å²) < 4.78 is 25.8. The zero-order chi connectivity index (χ0) is 17.0. The van der Waals surface area contributed by atoms with E-state index >= 15 is 0 Å². The van der Waals surface area contributed by atoms with Gasteiger partial charge in [0.15, 0.2) is 0 Å². The van der Waals surface area contributed by atoms with Crippen LogP contribution in [0.5, 0.6) is 0 Å². The zero-order valence-corrected chi connectivity index (χ0v) is 14.7. The van der Waals surface area contributed by atoms with E-state index in [1.54, 1.807) is 0 Å². The summed E-state index contributed by atoms with van der Waals surface area (Å²) in [6.45, 7) is 4.39. The molecule has 0 saturated heterocycles. The van der Waals surface area contributed by atoms with Gasteiger partial charge in [-0.05, 0) is 37.3 Å². The first kappa shape index (κ1) is 17.6. The van der Waals surface area contributed by atoms with Gasteiger partial charge < -0.3 is 10.6 Å². The minimum atomic E-state index is -3.42. The number of hydrogen-bond acceptors (Lipinski definition) is 3. The molecule has 1 aliphatic rings. The maximum atomic E-state index is 12.2. The quantitative estimate of drug-likeness (QED) is 0.795. The third-order valence-electron chi connectivity index (χ3n) is 3.86. The normalized spacial score (nSPS) is 14.4. The van der Waals surface area contributed by atoms with Crippen molar-refractivity contribution in [3.8, 4) is 0 Å². The molecule has 2 rings (SSSR count). The number of nitrogens with one attached hydrogen (secondary N) is 2. The highest BCUT2D eigenvalue weighted by molar-refractivity contribution is 7.92. The van der Waals surface area contributed by atoms with Crippen LogP contribution in [-0.2, 0) is 16.4 Å². The van der Waals surface area contributed by atoms with Gasteiger partial charge in [0.25, 0.3) is 0 Å². The lowest BCUT2D eigenvalue weighted by Crippen LogP contribution is -2.43. The largest absolute Gasteiger partial charge is 0.336 e. The monoisotopic (exact) mass is 339 g/mol. The smallest absolute Gasteiger partial charge is 0.315 e. The number of nitrogens with zero attached hydrogens (tertiary/aromatic N) is 1. The van der Waals surface area contributed by atoms with Gasteiger partial charge in [-0.15, -0.1) is 0 Å². The van der Waals surface area contributed by atoms with Gasteiger partial charge in [-0.1, -0.05) is 25.1 Å². The Bertz CT molecular complexity index is 669. The fourth-order valence-corrected chi connectivity index (χ4v) is 3.56. The topological polar surface area (TPSA) is 78.5 Å². The molecule has 128 valence electrons. The minimum Gasteiger partial charge on any atom is -0.336 e. The van der Waals surface area contributed by atoms with E-state index in [9.17, 15) is 13.2 Å². The van der Waals surface area contributed by atoms with Crippen LogP contribution in [0.2, 0.25) is 0 Å². The van der Waals surface area contributed by atoms with Crippen molar-refractivity contribution in [3.05, 3.63) is 29.3 Å². The highest BCUT2D eigenvalue weighted by atomic mass is 32.2. The molecule has 0 radical (unpaired) electrons. The lowest BCUT2D eigenvalue weighted by atomic mass is 10.1. The molecule has 6 nitrogen and oxygen atoms in total. The molecular formula is C16H25N3O3S. The summed E-state index contributed by atoms with van der Waals surface area (Å²) in [5.74, 6) is 0. The second-order valence-electron chi connectivity index (χ2n) is 5.95. The molecule has 1 fully saturated rings. The standard InChI is InChI=1S/C16H25N3O3S/c1-4-13-7-5-6-12(2)15(13)19(23(3,21)22)11-10-17-16(20)18-14-8-9-14/h5-7,14H,4,8-11H2,1-3H3,(H2,17,18,20). The number of rotatable bonds is 7. The molecule has 0 spiro atoms. The van der Waals surface area contributed by atoms with Gasteiger partial charge in [-0.2, -0.15) is 0 Å². The highest BCUT2D eigenvalue weighted by Gasteiger charge is 2.24. The predicted octanol–water partition coefficient (Wildman–Crippen LogP) is 1.79. The van der Waals surface area contributed by atoms with E-state index in [0.717, 1.165) is 36.1 Å². The third kappa shape index (κ3) is 4.86. The molecule has 1 aromatic rings. The summed E-state index contributed by atoms with van der Waals surface area (Å²) in [7, 11) is -3.42. The number of hydrogen-bond donors (Lipinski definition) is 2. The molecular weight excluding hydrogens is 314 g/mol. The van der Waals surface area contributed by atoms with Crippen molar-refractivity contribution in [2.45, 2.75) is 39.2 Å². The molecule has 0 aliphatic heterocycles. The molecule has 0 unspecified atom stereocenters. The zero-order valence-electron chi connectivity index (χ0n) is 13.9. The van der Waals surface area contributed by atoms with Crippen molar-refractivity contribution in [2.75, 3.05) is 23.7 Å². The average Bonchev–Trinajstić information content (AvgIpc) is 3.26. The summed E-state index contributed by atoms with van der Waals surface area (Å²) in [5, 5.41) is 5.55. The van der Waals surface area contributed by atoms with Crippen LogP contribution >= 0.6 is 0 Å². The number of sulfonamides is 1.